The molecule has 0 saturated heterocycles. The maximum atomic E-state index is 11.7. The Hall–Kier alpha value is -2.60. The van der Waals surface area contributed by atoms with Crippen molar-refractivity contribution in [2.75, 3.05) is 7.11 Å². The molecule has 7 heteroatoms. The van der Waals surface area contributed by atoms with Gasteiger partial charge in [0.05, 0.1) is 17.7 Å². The third kappa shape index (κ3) is 2.19. The predicted octanol–water partition coefficient (Wildman–Crippen LogP) is 2.44. The summed E-state index contributed by atoms with van der Waals surface area (Å²) in [5.41, 5.74) is 0.372. The van der Waals surface area contributed by atoms with Gasteiger partial charge in [-0.25, -0.2) is 9.78 Å². The quantitative estimate of drug-likeness (QED) is 0.548. The average Bonchev–Trinajstić information content (AvgIpc) is 2.45. The summed E-state index contributed by atoms with van der Waals surface area (Å²) in [5, 5.41) is 9.67. The van der Waals surface area contributed by atoms with Gasteiger partial charge in [0.15, 0.2) is 16.8 Å². The van der Waals surface area contributed by atoms with E-state index in [0.717, 1.165) is 6.07 Å². The minimum atomic E-state index is -0.690. The number of hydrogen-bond donors (Lipinski definition) is 1. The zero-order valence-electron chi connectivity index (χ0n) is 10.7. The molecular formula is C14H8ClNO5. The first-order valence-corrected chi connectivity index (χ1v) is 6.23. The van der Waals surface area contributed by atoms with Crippen molar-refractivity contribution < 1.29 is 19.1 Å². The molecule has 0 bridgehead atoms. The number of benzene rings is 2. The van der Waals surface area contributed by atoms with Crippen LogP contribution in [0.4, 0.5) is 0 Å². The number of ether oxygens (including phenoxy) is 1. The molecule has 106 valence electrons. The van der Waals surface area contributed by atoms with E-state index in [0.29, 0.717) is 5.52 Å². The Labute approximate surface area is 122 Å². The van der Waals surface area contributed by atoms with Crippen molar-refractivity contribution in [1.29, 1.82) is 0 Å². The number of aromatic hydroxyl groups is 1. The van der Waals surface area contributed by atoms with E-state index in [9.17, 15) is 14.7 Å². The fourth-order valence-corrected chi connectivity index (χ4v) is 2.14. The average molecular weight is 306 g/mol. The van der Waals surface area contributed by atoms with Crippen LogP contribution < -0.4 is 5.43 Å². The number of rotatable bonds is 1. The number of hydrogen-bond acceptors (Lipinski definition) is 6. The maximum absolute atomic E-state index is 11.7. The standard InChI is InChI=1S/C14H8ClNO5/c1-20-14(19)7-2-6(17)3-12-13(7)16-9-4-8(15)10(18)5-11(9)21-12/h2-5,18H,1H3. The minimum absolute atomic E-state index is 0.00912. The van der Waals surface area contributed by atoms with Crippen LogP contribution in [0.5, 0.6) is 5.75 Å². The lowest BCUT2D eigenvalue weighted by molar-refractivity contribution is 0.0601. The third-order valence-electron chi connectivity index (χ3n) is 2.93. The lowest BCUT2D eigenvalue weighted by Crippen LogP contribution is -2.11. The summed E-state index contributed by atoms with van der Waals surface area (Å²) in [6.45, 7) is 0. The van der Waals surface area contributed by atoms with E-state index in [1.54, 1.807) is 0 Å². The highest BCUT2D eigenvalue weighted by Gasteiger charge is 2.21. The van der Waals surface area contributed by atoms with Crippen LogP contribution in [0.2, 0.25) is 5.02 Å². The summed E-state index contributed by atoms with van der Waals surface area (Å²) in [6.07, 6.45) is 0. The molecule has 2 aliphatic rings. The fraction of sp³-hybridized carbons (Fsp3) is 0.0714. The summed E-state index contributed by atoms with van der Waals surface area (Å²) in [7, 11) is 1.21. The second-order valence-corrected chi connectivity index (χ2v) is 4.70. The lowest BCUT2D eigenvalue weighted by atomic mass is 10.1. The van der Waals surface area contributed by atoms with Crippen LogP contribution in [0.1, 0.15) is 10.4 Å². The molecule has 0 spiro atoms. The van der Waals surface area contributed by atoms with Crippen LogP contribution in [0, 0.1) is 0 Å². The van der Waals surface area contributed by atoms with Crippen molar-refractivity contribution in [2.24, 2.45) is 0 Å². The Morgan fingerprint density at radius 2 is 2.10 bits per heavy atom. The van der Waals surface area contributed by atoms with Gasteiger partial charge in [-0.15, -0.1) is 0 Å². The van der Waals surface area contributed by atoms with Crippen molar-refractivity contribution in [3.8, 4) is 17.2 Å². The van der Waals surface area contributed by atoms with Gasteiger partial charge < -0.3 is 14.3 Å². The van der Waals surface area contributed by atoms with E-state index >= 15 is 0 Å². The summed E-state index contributed by atoms with van der Waals surface area (Å²) >= 11 is 5.82. The van der Waals surface area contributed by atoms with E-state index < -0.39 is 11.4 Å². The number of esters is 1. The molecule has 0 aromatic heterocycles. The molecule has 1 aromatic rings. The Morgan fingerprint density at radius 1 is 1.33 bits per heavy atom. The zero-order valence-corrected chi connectivity index (χ0v) is 11.5. The molecular weight excluding hydrogens is 298 g/mol. The Kier molecular flexibility index (Phi) is 3.03. The molecule has 1 N–H and O–H groups in total. The molecule has 6 nitrogen and oxygen atoms in total. The van der Waals surface area contributed by atoms with Gasteiger partial charge in [0.1, 0.15) is 17.0 Å². The van der Waals surface area contributed by atoms with Gasteiger partial charge in [-0.2, -0.15) is 0 Å². The third-order valence-corrected chi connectivity index (χ3v) is 3.24. The molecule has 1 aliphatic carbocycles. The number of methoxy groups -OCH3 is 1. The van der Waals surface area contributed by atoms with Crippen LogP contribution >= 0.6 is 11.6 Å². The summed E-state index contributed by atoms with van der Waals surface area (Å²) < 4.78 is 10.1. The lowest BCUT2D eigenvalue weighted by Gasteiger charge is -2.10. The Morgan fingerprint density at radius 3 is 2.81 bits per heavy atom. The molecule has 1 aliphatic heterocycles. The molecule has 0 amide bonds. The van der Waals surface area contributed by atoms with Gasteiger partial charge in [0, 0.05) is 18.2 Å². The molecule has 0 saturated carbocycles. The first-order valence-electron chi connectivity index (χ1n) is 5.85. The fourth-order valence-electron chi connectivity index (χ4n) is 1.98. The Balaban J connectivity index is 2.42. The van der Waals surface area contributed by atoms with Gasteiger partial charge in [0.25, 0.3) is 0 Å². The van der Waals surface area contributed by atoms with Gasteiger partial charge in [0.2, 0.25) is 0 Å². The topological polar surface area (TPSA) is 89.6 Å². The van der Waals surface area contributed by atoms with Crippen LogP contribution in [0.3, 0.4) is 0 Å². The highest BCUT2D eigenvalue weighted by atomic mass is 35.5. The summed E-state index contributed by atoms with van der Waals surface area (Å²) in [5.74, 6) is -0.734. The van der Waals surface area contributed by atoms with Crippen molar-refractivity contribution >= 4 is 28.7 Å². The normalized spacial score (nSPS) is 11.0. The number of carbonyl (C=O) groups is 1. The number of carbonyl (C=O) groups excluding carboxylic acids is 1. The number of phenols is 1. The van der Waals surface area contributed by atoms with Gasteiger partial charge in [-0.1, -0.05) is 11.6 Å². The van der Waals surface area contributed by atoms with Crippen molar-refractivity contribution in [3.63, 3.8) is 0 Å². The van der Waals surface area contributed by atoms with Crippen LogP contribution in [-0.4, -0.2) is 23.2 Å². The molecule has 21 heavy (non-hydrogen) atoms. The molecule has 0 radical (unpaired) electrons. The molecule has 0 fully saturated rings. The van der Waals surface area contributed by atoms with Gasteiger partial charge in [-0.3, -0.25) is 4.79 Å². The van der Waals surface area contributed by atoms with Gasteiger partial charge in [-0.05, 0) is 6.07 Å². The summed E-state index contributed by atoms with van der Waals surface area (Å²) in [4.78, 5) is 27.6. The minimum Gasteiger partial charge on any atom is -0.506 e. The molecule has 0 unspecified atom stereocenters. The van der Waals surface area contributed by atoms with Crippen molar-refractivity contribution in [2.45, 2.75) is 0 Å². The van der Waals surface area contributed by atoms with E-state index in [1.807, 2.05) is 0 Å². The van der Waals surface area contributed by atoms with E-state index in [2.05, 4.69) is 9.72 Å². The first-order chi connectivity index (χ1) is 9.99. The van der Waals surface area contributed by atoms with Crippen LogP contribution in [0.25, 0.3) is 22.6 Å². The van der Waals surface area contributed by atoms with E-state index in [-0.39, 0.29) is 33.4 Å². The number of fused-ring (bicyclic) bond motifs is 2. The van der Waals surface area contributed by atoms with Crippen LogP contribution in [-0.2, 0) is 4.74 Å². The Bertz CT molecular complexity index is 902. The highest BCUT2D eigenvalue weighted by Crippen LogP contribution is 2.32. The summed E-state index contributed by atoms with van der Waals surface area (Å²) in [6, 6.07) is 5.03. The maximum Gasteiger partial charge on any atom is 0.340 e. The number of aromatic nitrogens is 1. The predicted molar refractivity (Wildman–Crippen MR) is 74.9 cm³/mol. The first kappa shape index (κ1) is 13.4. The highest BCUT2D eigenvalue weighted by molar-refractivity contribution is 6.32. The molecule has 0 atom stereocenters. The monoisotopic (exact) mass is 305 g/mol. The second kappa shape index (κ2) is 4.75. The number of phenolic OH excluding ortho intramolecular Hbond substituents is 1. The van der Waals surface area contributed by atoms with Crippen molar-refractivity contribution in [3.05, 3.63) is 45.1 Å². The van der Waals surface area contributed by atoms with Crippen molar-refractivity contribution in [1.82, 2.24) is 4.98 Å². The molecule has 1 heterocycles. The van der Waals surface area contributed by atoms with E-state index in [4.69, 9.17) is 16.0 Å². The van der Waals surface area contributed by atoms with Crippen LogP contribution in [0.15, 0.2) is 33.5 Å². The molecule has 3 rings (SSSR count). The zero-order chi connectivity index (χ0) is 15.1. The number of halogens is 1. The number of nitrogens with zero attached hydrogens (tertiary/aromatic N) is 1. The van der Waals surface area contributed by atoms with E-state index in [1.165, 1.54) is 25.3 Å². The van der Waals surface area contributed by atoms with Gasteiger partial charge >= 0.3 is 5.97 Å². The SMILES string of the molecule is COC(=O)c1cc(=O)cc2oc3cc(O)c(Cl)cc3nc1-2. The smallest absolute Gasteiger partial charge is 0.340 e. The second-order valence-electron chi connectivity index (χ2n) is 4.29. The largest absolute Gasteiger partial charge is 0.506 e. The molecule has 1 aromatic carbocycles.